The Kier molecular flexibility index (Phi) is 8.56. The number of piperazine rings is 1. The maximum absolute atomic E-state index is 13.6. The monoisotopic (exact) mass is 486 g/mol. The van der Waals surface area contributed by atoms with Gasteiger partial charge in [-0.25, -0.2) is 13.2 Å². The highest BCUT2D eigenvalue weighted by Crippen LogP contribution is 2.37. The van der Waals surface area contributed by atoms with Gasteiger partial charge in [0.05, 0.1) is 16.6 Å². The Morgan fingerprint density at radius 2 is 2.00 bits per heavy atom. The molecule has 1 aliphatic rings. The van der Waals surface area contributed by atoms with Crippen molar-refractivity contribution in [3.63, 3.8) is 0 Å². The lowest BCUT2D eigenvalue weighted by atomic mass is 10.1. The van der Waals surface area contributed by atoms with Crippen LogP contribution in [0.3, 0.4) is 0 Å². The largest absolute Gasteiger partial charge is 0.486 e. The van der Waals surface area contributed by atoms with E-state index in [1.54, 1.807) is 7.11 Å². The summed E-state index contributed by atoms with van der Waals surface area (Å²) in [5.74, 6) is -0.774. The van der Waals surface area contributed by atoms with Gasteiger partial charge in [-0.3, -0.25) is 4.90 Å². The van der Waals surface area contributed by atoms with Crippen molar-refractivity contribution in [2.45, 2.75) is 31.5 Å². The summed E-state index contributed by atoms with van der Waals surface area (Å²) in [6.45, 7) is 3.67. The van der Waals surface area contributed by atoms with Crippen LogP contribution in [0, 0.1) is 5.82 Å². The van der Waals surface area contributed by atoms with E-state index in [1.165, 1.54) is 5.56 Å². The Hall–Kier alpha value is -1.61. The molecule has 2 aromatic rings. The van der Waals surface area contributed by atoms with E-state index in [4.69, 9.17) is 9.47 Å². The molecule has 0 bridgehead atoms. The molecule has 1 fully saturated rings. The average Bonchev–Trinajstić information content (AvgIpc) is 2.71. The summed E-state index contributed by atoms with van der Waals surface area (Å²) >= 11 is 3.15. The minimum atomic E-state index is -2.84. The molecule has 0 aromatic heterocycles. The molecule has 4 nitrogen and oxygen atoms in total. The number of halogens is 4. The van der Waals surface area contributed by atoms with Crippen LogP contribution in [0.2, 0.25) is 0 Å². The second-order valence-corrected chi connectivity index (χ2v) is 8.26. The topological polar surface area (TPSA) is 33.7 Å². The summed E-state index contributed by atoms with van der Waals surface area (Å²) in [5, 5.41) is 3.47. The maximum atomic E-state index is 13.6. The van der Waals surface area contributed by atoms with Crippen LogP contribution < -0.4 is 10.1 Å². The highest BCUT2D eigenvalue weighted by Gasteiger charge is 2.26. The van der Waals surface area contributed by atoms with Gasteiger partial charge in [0.15, 0.2) is 0 Å². The molecule has 0 saturated carbocycles. The van der Waals surface area contributed by atoms with Crippen LogP contribution in [0.15, 0.2) is 46.9 Å². The molecule has 30 heavy (non-hydrogen) atoms. The molecule has 0 amide bonds. The number of ether oxygens (including phenoxy) is 2. The number of methoxy groups -OCH3 is 1. The van der Waals surface area contributed by atoms with Crippen LogP contribution in [0.4, 0.5) is 13.2 Å². The van der Waals surface area contributed by atoms with Gasteiger partial charge >= 0.3 is 0 Å². The highest BCUT2D eigenvalue weighted by atomic mass is 79.9. The standard InChI is InChI=1S/C22H26BrF3N2O2/c1-29-14-18(30-21-19(22(25)26)9-16(24)10-20(21)23)11-17-13-28(8-7-27-17)12-15-5-3-2-4-6-15/h2-6,9-10,17-18,22,27H,7-8,11-14H2,1H3/t17-,18+/m1/s1. The number of hydrogen-bond acceptors (Lipinski definition) is 4. The first-order valence-corrected chi connectivity index (χ1v) is 10.7. The van der Waals surface area contributed by atoms with Gasteiger partial charge in [-0.15, -0.1) is 0 Å². The van der Waals surface area contributed by atoms with E-state index in [2.05, 4.69) is 38.3 Å². The van der Waals surface area contributed by atoms with Gasteiger partial charge < -0.3 is 14.8 Å². The number of hydrogen-bond donors (Lipinski definition) is 1. The number of alkyl halides is 2. The third-order valence-electron chi connectivity index (χ3n) is 5.05. The van der Waals surface area contributed by atoms with Gasteiger partial charge in [0.1, 0.15) is 17.7 Å². The van der Waals surface area contributed by atoms with Gasteiger partial charge in [-0.05, 0) is 33.6 Å². The smallest absolute Gasteiger partial charge is 0.267 e. The van der Waals surface area contributed by atoms with E-state index < -0.39 is 23.9 Å². The van der Waals surface area contributed by atoms with Crippen LogP contribution in [-0.2, 0) is 11.3 Å². The second kappa shape index (κ2) is 11.1. The Bertz CT molecular complexity index is 810. The van der Waals surface area contributed by atoms with Crippen LogP contribution in [-0.4, -0.2) is 50.4 Å². The maximum Gasteiger partial charge on any atom is 0.267 e. The molecule has 0 aliphatic carbocycles. The van der Waals surface area contributed by atoms with E-state index in [0.29, 0.717) is 6.42 Å². The fraction of sp³-hybridized carbons (Fsp3) is 0.455. The fourth-order valence-corrected chi connectivity index (χ4v) is 4.27. The molecule has 1 aliphatic heterocycles. The normalized spacial score (nSPS) is 18.5. The van der Waals surface area contributed by atoms with Crippen molar-refractivity contribution in [1.82, 2.24) is 10.2 Å². The summed E-state index contributed by atoms with van der Waals surface area (Å²) in [5.41, 5.74) is 0.782. The minimum absolute atomic E-state index is 0.0367. The van der Waals surface area contributed by atoms with Crippen LogP contribution >= 0.6 is 15.9 Å². The Balaban J connectivity index is 1.67. The van der Waals surface area contributed by atoms with Crippen molar-refractivity contribution in [3.8, 4) is 5.75 Å². The molecule has 0 radical (unpaired) electrons. The second-order valence-electron chi connectivity index (χ2n) is 7.41. The summed E-state index contributed by atoms with van der Waals surface area (Å²) in [6.07, 6.45) is -2.72. The first-order valence-electron chi connectivity index (χ1n) is 9.88. The van der Waals surface area contributed by atoms with Gasteiger partial charge in [0, 0.05) is 45.8 Å². The first kappa shape index (κ1) is 23.1. The highest BCUT2D eigenvalue weighted by molar-refractivity contribution is 9.10. The molecule has 8 heteroatoms. The van der Waals surface area contributed by atoms with Crippen molar-refractivity contribution >= 4 is 15.9 Å². The molecule has 0 unspecified atom stereocenters. The van der Waals surface area contributed by atoms with Crippen LogP contribution in [0.25, 0.3) is 0 Å². The lowest BCUT2D eigenvalue weighted by molar-refractivity contribution is 0.0549. The Labute approximate surface area is 183 Å². The molecule has 1 heterocycles. The third-order valence-corrected chi connectivity index (χ3v) is 5.63. The molecule has 164 valence electrons. The molecule has 2 atom stereocenters. The van der Waals surface area contributed by atoms with Crippen LogP contribution in [0.5, 0.6) is 5.75 Å². The third kappa shape index (κ3) is 6.44. The lowest BCUT2D eigenvalue weighted by Gasteiger charge is -2.35. The molecule has 3 rings (SSSR count). The Morgan fingerprint density at radius 1 is 1.23 bits per heavy atom. The summed E-state index contributed by atoms with van der Waals surface area (Å²) < 4.78 is 51.8. The number of rotatable bonds is 9. The molecule has 1 N–H and O–H groups in total. The number of nitrogens with zero attached hydrogens (tertiary/aromatic N) is 1. The van der Waals surface area contributed by atoms with Gasteiger partial charge in [0.25, 0.3) is 6.43 Å². The van der Waals surface area contributed by atoms with E-state index in [9.17, 15) is 13.2 Å². The van der Waals surface area contributed by atoms with Crippen molar-refractivity contribution in [2.75, 3.05) is 33.4 Å². The molecule has 2 aromatic carbocycles. The van der Waals surface area contributed by atoms with E-state index >= 15 is 0 Å². The van der Waals surface area contributed by atoms with Crippen LogP contribution in [0.1, 0.15) is 24.0 Å². The van der Waals surface area contributed by atoms with E-state index in [1.807, 2.05) is 18.2 Å². The predicted molar refractivity (Wildman–Crippen MR) is 113 cm³/mol. The summed E-state index contributed by atoms with van der Waals surface area (Å²) in [4.78, 5) is 2.36. The SMILES string of the molecule is COC[C@H](C[C@@H]1CN(Cc2ccccc2)CCN1)Oc1c(Br)cc(F)cc1C(F)F. The zero-order valence-electron chi connectivity index (χ0n) is 16.8. The zero-order chi connectivity index (χ0) is 21.5. The number of benzene rings is 2. The molecular weight excluding hydrogens is 461 g/mol. The Morgan fingerprint density at radius 3 is 2.70 bits per heavy atom. The summed E-state index contributed by atoms with van der Waals surface area (Å²) in [6, 6.07) is 12.3. The number of nitrogens with one attached hydrogen (secondary N) is 1. The van der Waals surface area contributed by atoms with E-state index in [-0.39, 0.29) is 22.9 Å². The summed E-state index contributed by atoms with van der Waals surface area (Å²) in [7, 11) is 1.54. The van der Waals surface area contributed by atoms with Gasteiger partial charge in [0.2, 0.25) is 0 Å². The first-order chi connectivity index (χ1) is 14.5. The fourth-order valence-electron chi connectivity index (χ4n) is 3.72. The van der Waals surface area contributed by atoms with Crippen molar-refractivity contribution in [1.29, 1.82) is 0 Å². The van der Waals surface area contributed by atoms with Crippen molar-refractivity contribution in [3.05, 3.63) is 63.9 Å². The van der Waals surface area contributed by atoms with Crippen molar-refractivity contribution < 1.29 is 22.6 Å². The molecule has 0 spiro atoms. The molecular formula is C22H26BrF3N2O2. The van der Waals surface area contributed by atoms with Gasteiger partial charge in [-0.2, -0.15) is 0 Å². The zero-order valence-corrected chi connectivity index (χ0v) is 18.4. The lowest BCUT2D eigenvalue weighted by Crippen LogP contribution is -2.52. The minimum Gasteiger partial charge on any atom is -0.486 e. The predicted octanol–water partition coefficient (Wildman–Crippen LogP) is 4.78. The quantitative estimate of drug-likeness (QED) is 0.552. The van der Waals surface area contributed by atoms with Gasteiger partial charge in [-0.1, -0.05) is 30.3 Å². The van der Waals surface area contributed by atoms with E-state index in [0.717, 1.165) is 38.3 Å². The average molecular weight is 487 g/mol. The van der Waals surface area contributed by atoms with Crippen molar-refractivity contribution in [2.24, 2.45) is 0 Å². The molecule has 1 saturated heterocycles.